The Morgan fingerprint density at radius 1 is 1.42 bits per heavy atom. The maximum absolute atomic E-state index is 13.1. The summed E-state index contributed by atoms with van der Waals surface area (Å²) in [6, 6.07) is 2.60. The maximum Gasteiger partial charge on any atom is 0.241 e. The highest BCUT2D eigenvalue weighted by Crippen LogP contribution is 2.41. The first-order chi connectivity index (χ1) is 12.4. The van der Waals surface area contributed by atoms with Crippen LogP contribution < -0.4 is 10.2 Å². The van der Waals surface area contributed by atoms with E-state index in [0.29, 0.717) is 12.6 Å². The fourth-order valence-corrected chi connectivity index (χ4v) is 4.49. The van der Waals surface area contributed by atoms with Crippen LogP contribution in [-0.4, -0.2) is 54.6 Å². The Hall–Kier alpha value is -1.72. The van der Waals surface area contributed by atoms with E-state index in [1.54, 1.807) is 0 Å². The molecule has 1 fully saturated rings. The van der Waals surface area contributed by atoms with Crippen LogP contribution in [0.3, 0.4) is 0 Å². The number of piperazine rings is 1. The fraction of sp³-hybridized carbons (Fsp3) is 0.619. The van der Waals surface area contributed by atoms with Crippen molar-refractivity contribution in [1.29, 1.82) is 0 Å². The fourth-order valence-electron chi connectivity index (χ4n) is 4.49. The second-order valence-corrected chi connectivity index (χ2v) is 8.66. The number of carbonyl (C=O) groups excluding carboxylic acids is 1. The minimum absolute atomic E-state index is 0.0443. The van der Waals surface area contributed by atoms with Gasteiger partial charge in [-0.05, 0) is 37.8 Å². The molecule has 140 valence electrons. The van der Waals surface area contributed by atoms with Gasteiger partial charge in [0.25, 0.3) is 0 Å². The number of fused-ring (bicyclic) bond motifs is 1. The van der Waals surface area contributed by atoms with Crippen LogP contribution >= 0.6 is 0 Å². The summed E-state index contributed by atoms with van der Waals surface area (Å²) in [6.45, 7) is 10.7. The molecule has 5 heteroatoms. The maximum atomic E-state index is 13.1. The molecule has 0 unspecified atom stereocenters. The van der Waals surface area contributed by atoms with Gasteiger partial charge in [-0.2, -0.15) is 0 Å². The molecule has 1 N–H and O–H groups in total. The van der Waals surface area contributed by atoms with Crippen molar-refractivity contribution in [2.24, 2.45) is 0 Å². The largest absolute Gasteiger partial charge is 0.312 e. The second kappa shape index (κ2) is 6.78. The SMILES string of the molecule is C[C@@H]1CN(CC(=O)N2CC(C)(C)c3cnc(C4=CCCC4)cc32)CCN1. The van der Waals surface area contributed by atoms with E-state index in [4.69, 9.17) is 4.98 Å². The number of amides is 1. The molecule has 0 radical (unpaired) electrons. The molecule has 1 aliphatic carbocycles. The van der Waals surface area contributed by atoms with E-state index in [1.165, 1.54) is 17.6 Å². The number of nitrogens with zero attached hydrogens (tertiary/aromatic N) is 3. The first kappa shape index (κ1) is 17.7. The van der Waals surface area contributed by atoms with Crippen LogP contribution in [0.25, 0.3) is 5.57 Å². The van der Waals surface area contributed by atoms with E-state index in [2.05, 4.69) is 43.1 Å². The van der Waals surface area contributed by atoms with Gasteiger partial charge in [0.2, 0.25) is 5.91 Å². The molecule has 2 aliphatic heterocycles. The molecule has 3 aliphatic rings. The van der Waals surface area contributed by atoms with Crippen LogP contribution in [0.1, 0.15) is 51.3 Å². The summed E-state index contributed by atoms with van der Waals surface area (Å²) in [6.07, 6.45) is 7.75. The summed E-state index contributed by atoms with van der Waals surface area (Å²) in [5.74, 6) is 0.212. The second-order valence-electron chi connectivity index (χ2n) is 8.66. The zero-order valence-electron chi connectivity index (χ0n) is 16.2. The molecule has 1 amide bonds. The molecule has 0 bridgehead atoms. The van der Waals surface area contributed by atoms with Crippen molar-refractivity contribution in [1.82, 2.24) is 15.2 Å². The van der Waals surface area contributed by atoms with Gasteiger partial charge in [0.05, 0.1) is 17.9 Å². The molecule has 1 atom stereocenters. The highest BCUT2D eigenvalue weighted by Gasteiger charge is 2.39. The Morgan fingerprint density at radius 2 is 2.27 bits per heavy atom. The minimum atomic E-state index is -0.0443. The van der Waals surface area contributed by atoms with Crippen LogP contribution in [0.15, 0.2) is 18.3 Å². The normalized spacial score (nSPS) is 25.3. The van der Waals surface area contributed by atoms with Gasteiger partial charge in [0.15, 0.2) is 0 Å². The first-order valence-corrected chi connectivity index (χ1v) is 9.90. The zero-order valence-corrected chi connectivity index (χ0v) is 16.2. The highest BCUT2D eigenvalue weighted by atomic mass is 16.2. The van der Waals surface area contributed by atoms with E-state index >= 15 is 0 Å². The van der Waals surface area contributed by atoms with Crippen LogP contribution in [0.2, 0.25) is 0 Å². The number of hydrogen-bond acceptors (Lipinski definition) is 4. The Morgan fingerprint density at radius 3 is 3.00 bits per heavy atom. The predicted molar refractivity (Wildman–Crippen MR) is 105 cm³/mol. The molecule has 1 saturated heterocycles. The van der Waals surface area contributed by atoms with E-state index in [9.17, 15) is 4.79 Å². The van der Waals surface area contributed by atoms with Crippen molar-refractivity contribution in [3.05, 3.63) is 29.6 Å². The quantitative estimate of drug-likeness (QED) is 0.906. The number of hydrogen-bond donors (Lipinski definition) is 1. The van der Waals surface area contributed by atoms with Crippen molar-refractivity contribution in [2.75, 3.05) is 37.6 Å². The molecule has 3 heterocycles. The molecule has 0 spiro atoms. The number of allylic oxidation sites excluding steroid dienone is 2. The Kier molecular flexibility index (Phi) is 4.61. The van der Waals surface area contributed by atoms with Crippen molar-refractivity contribution in [3.8, 4) is 0 Å². The number of pyridine rings is 1. The Balaban J connectivity index is 1.58. The van der Waals surface area contributed by atoms with Crippen LogP contribution in [-0.2, 0) is 10.2 Å². The average Bonchev–Trinajstić information content (AvgIpc) is 3.21. The van der Waals surface area contributed by atoms with E-state index < -0.39 is 0 Å². The number of nitrogens with one attached hydrogen (secondary N) is 1. The summed E-state index contributed by atoms with van der Waals surface area (Å²) < 4.78 is 0. The lowest BCUT2D eigenvalue weighted by Crippen LogP contribution is -2.52. The van der Waals surface area contributed by atoms with Gasteiger partial charge in [0, 0.05) is 49.4 Å². The van der Waals surface area contributed by atoms with E-state index in [1.807, 2.05) is 11.1 Å². The van der Waals surface area contributed by atoms with Crippen LogP contribution in [0.5, 0.6) is 0 Å². The Bertz CT molecular complexity index is 740. The molecule has 0 aromatic carbocycles. The smallest absolute Gasteiger partial charge is 0.241 e. The number of aromatic nitrogens is 1. The topological polar surface area (TPSA) is 48.5 Å². The molecule has 5 nitrogen and oxygen atoms in total. The van der Waals surface area contributed by atoms with Gasteiger partial charge in [-0.25, -0.2) is 0 Å². The lowest BCUT2D eigenvalue weighted by atomic mass is 9.88. The number of anilines is 1. The van der Waals surface area contributed by atoms with Crippen LogP contribution in [0, 0.1) is 0 Å². The average molecular weight is 354 g/mol. The lowest BCUT2D eigenvalue weighted by Gasteiger charge is -2.32. The molecular weight excluding hydrogens is 324 g/mol. The zero-order chi connectivity index (χ0) is 18.3. The minimum Gasteiger partial charge on any atom is -0.312 e. The third-order valence-electron chi connectivity index (χ3n) is 5.94. The molecule has 0 saturated carbocycles. The lowest BCUT2D eigenvalue weighted by molar-refractivity contribution is -0.120. The van der Waals surface area contributed by atoms with Crippen molar-refractivity contribution < 1.29 is 4.79 Å². The predicted octanol–water partition coefficient (Wildman–Crippen LogP) is 2.57. The van der Waals surface area contributed by atoms with E-state index in [-0.39, 0.29) is 11.3 Å². The van der Waals surface area contributed by atoms with Gasteiger partial charge in [-0.3, -0.25) is 14.7 Å². The summed E-state index contributed by atoms with van der Waals surface area (Å²) in [4.78, 5) is 22.1. The summed E-state index contributed by atoms with van der Waals surface area (Å²) in [5, 5.41) is 3.44. The molecule has 1 aromatic heterocycles. The van der Waals surface area contributed by atoms with Gasteiger partial charge >= 0.3 is 0 Å². The number of rotatable bonds is 3. The van der Waals surface area contributed by atoms with Crippen molar-refractivity contribution in [2.45, 2.75) is 51.5 Å². The van der Waals surface area contributed by atoms with Gasteiger partial charge in [-0.1, -0.05) is 19.9 Å². The summed E-state index contributed by atoms with van der Waals surface area (Å²) in [5.41, 5.74) is 4.60. The van der Waals surface area contributed by atoms with Gasteiger partial charge in [-0.15, -0.1) is 0 Å². The van der Waals surface area contributed by atoms with Crippen molar-refractivity contribution in [3.63, 3.8) is 0 Å². The third-order valence-corrected chi connectivity index (χ3v) is 5.94. The van der Waals surface area contributed by atoms with Crippen LogP contribution in [0.4, 0.5) is 5.69 Å². The molecule has 26 heavy (non-hydrogen) atoms. The molecule has 1 aromatic rings. The van der Waals surface area contributed by atoms with Crippen molar-refractivity contribution >= 4 is 17.2 Å². The highest BCUT2D eigenvalue weighted by molar-refractivity contribution is 5.98. The summed E-state index contributed by atoms with van der Waals surface area (Å²) in [7, 11) is 0. The Labute approximate surface area is 156 Å². The monoisotopic (exact) mass is 354 g/mol. The molecule has 4 rings (SSSR count). The third kappa shape index (κ3) is 3.30. The van der Waals surface area contributed by atoms with Gasteiger partial charge in [0.1, 0.15) is 0 Å². The first-order valence-electron chi connectivity index (χ1n) is 9.90. The van der Waals surface area contributed by atoms with E-state index in [0.717, 1.165) is 50.4 Å². The van der Waals surface area contributed by atoms with Gasteiger partial charge < -0.3 is 10.2 Å². The molecular formula is C21H30N4O. The summed E-state index contributed by atoms with van der Waals surface area (Å²) >= 11 is 0. The number of carbonyl (C=O) groups is 1. The standard InChI is InChI=1S/C21H30N4O/c1-15-12-24(9-8-22-15)13-20(26)25-14-21(2,3)17-11-23-18(10-19(17)25)16-6-4-5-7-16/h6,10-11,15,22H,4-5,7-9,12-14H2,1-3H3/t15-/m1/s1.